The predicted octanol–water partition coefficient (Wildman–Crippen LogP) is 0.434. The smallest absolute Gasteiger partial charge is 0.330 e. The van der Waals surface area contributed by atoms with E-state index < -0.39 is 47.8 Å². The number of imide groups is 2. The lowest BCUT2D eigenvalue weighted by atomic mass is 10.0. The fraction of sp³-hybridized carbons (Fsp3) is 0.353. The first-order chi connectivity index (χ1) is 12.1. The molecule has 3 N–H and O–H groups in total. The van der Waals surface area contributed by atoms with Crippen molar-refractivity contribution < 1.29 is 28.7 Å². The highest BCUT2D eigenvalue weighted by atomic mass is 16.5. The highest BCUT2D eigenvalue weighted by molar-refractivity contribution is 6.22. The molecule has 2 rings (SSSR count). The SMILES string of the molecule is CC(C)[C@@H](C(=O)O[C@H](C)C(=O)NC(N)=O)N1C(=O)c2ccccc2C1=O. The zero-order valence-electron chi connectivity index (χ0n) is 14.5. The first kappa shape index (κ1) is 19.1. The Balaban J connectivity index is 2.23. The summed E-state index contributed by atoms with van der Waals surface area (Å²) in [6.45, 7) is 4.53. The van der Waals surface area contributed by atoms with E-state index >= 15 is 0 Å². The van der Waals surface area contributed by atoms with Gasteiger partial charge in [-0.15, -0.1) is 0 Å². The summed E-state index contributed by atoms with van der Waals surface area (Å²) in [5, 5.41) is 1.79. The maximum absolute atomic E-state index is 12.6. The third-order valence-electron chi connectivity index (χ3n) is 3.89. The summed E-state index contributed by atoms with van der Waals surface area (Å²) in [7, 11) is 0. The second-order valence-corrected chi connectivity index (χ2v) is 6.15. The number of nitrogens with one attached hydrogen (secondary N) is 1. The van der Waals surface area contributed by atoms with Crippen LogP contribution in [0, 0.1) is 5.92 Å². The highest BCUT2D eigenvalue weighted by Crippen LogP contribution is 2.27. The number of ether oxygens (including phenoxy) is 1. The van der Waals surface area contributed by atoms with Crippen molar-refractivity contribution in [2.75, 3.05) is 0 Å². The molecule has 0 fully saturated rings. The molecule has 0 bridgehead atoms. The number of nitrogens with two attached hydrogens (primary N) is 1. The van der Waals surface area contributed by atoms with Gasteiger partial charge < -0.3 is 10.5 Å². The maximum atomic E-state index is 12.6. The molecule has 1 heterocycles. The van der Waals surface area contributed by atoms with Crippen LogP contribution in [0.2, 0.25) is 0 Å². The molecule has 1 aliphatic heterocycles. The number of esters is 1. The average Bonchev–Trinajstić information content (AvgIpc) is 2.80. The van der Waals surface area contributed by atoms with Crippen molar-refractivity contribution in [2.24, 2.45) is 11.7 Å². The number of carbonyl (C=O) groups is 5. The van der Waals surface area contributed by atoms with E-state index in [1.54, 1.807) is 31.3 Å². The molecule has 9 heteroatoms. The zero-order valence-corrected chi connectivity index (χ0v) is 14.5. The minimum absolute atomic E-state index is 0.204. The number of nitrogens with zero attached hydrogens (tertiary/aromatic N) is 1. The second kappa shape index (κ2) is 7.34. The lowest BCUT2D eigenvalue weighted by molar-refractivity contribution is -0.159. The maximum Gasteiger partial charge on any atom is 0.330 e. The number of hydrogen-bond donors (Lipinski definition) is 2. The fourth-order valence-corrected chi connectivity index (χ4v) is 2.66. The van der Waals surface area contributed by atoms with E-state index in [0.717, 1.165) is 4.90 Å². The van der Waals surface area contributed by atoms with Crippen LogP contribution >= 0.6 is 0 Å². The number of fused-ring (bicyclic) bond motifs is 1. The van der Waals surface area contributed by atoms with Crippen LogP contribution in [-0.2, 0) is 14.3 Å². The lowest BCUT2D eigenvalue weighted by Crippen LogP contribution is -2.50. The van der Waals surface area contributed by atoms with Gasteiger partial charge in [0.25, 0.3) is 17.7 Å². The van der Waals surface area contributed by atoms with E-state index in [2.05, 4.69) is 0 Å². The fourth-order valence-electron chi connectivity index (χ4n) is 2.66. The minimum Gasteiger partial charge on any atom is -0.451 e. The Labute approximate surface area is 149 Å². The normalized spacial score (nSPS) is 15.5. The summed E-state index contributed by atoms with van der Waals surface area (Å²) >= 11 is 0. The van der Waals surface area contributed by atoms with Crippen LogP contribution in [0.3, 0.4) is 0 Å². The van der Waals surface area contributed by atoms with Crippen molar-refractivity contribution in [3.8, 4) is 0 Å². The summed E-state index contributed by atoms with van der Waals surface area (Å²) < 4.78 is 5.04. The van der Waals surface area contributed by atoms with Crippen LogP contribution in [-0.4, -0.2) is 46.8 Å². The van der Waals surface area contributed by atoms with Gasteiger partial charge in [-0.1, -0.05) is 26.0 Å². The first-order valence-corrected chi connectivity index (χ1v) is 7.92. The average molecular weight is 361 g/mol. The molecule has 5 amide bonds. The molecule has 1 aromatic carbocycles. The molecule has 9 nitrogen and oxygen atoms in total. The number of rotatable bonds is 5. The second-order valence-electron chi connectivity index (χ2n) is 6.15. The highest BCUT2D eigenvalue weighted by Gasteiger charge is 2.45. The number of primary amides is 1. The van der Waals surface area contributed by atoms with Crippen molar-refractivity contribution in [1.82, 2.24) is 10.2 Å². The van der Waals surface area contributed by atoms with Crippen molar-refractivity contribution in [2.45, 2.75) is 32.9 Å². The predicted molar refractivity (Wildman–Crippen MR) is 88.8 cm³/mol. The zero-order chi connectivity index (χ0) is 19.6. The molecule has 0 saturated carbocycles. The van der Waals surface area contributed by atoms with E-state index in [9.17, 15) is 24.0 Å². The minimum atomic E-state index is -1.33. The van der Waals surface area contributed by atoms with Crippen LogP contribution in [0.25, 0.3) is 0 Å². The van der Waals surface area contributed by atoms with Gasteiger partial charge in [0.2, 0.25) is 0 Å². The van der Waals surface area contributed by atoms with E-state index in [1.807, 2.05) is 0 Å². The van der Waals surface area contributed by atoms with Gasteiger partial charge in [-0.05, 0) is 25.0 Å². The van der Waals surface area contributed by atoms with Gasteiger partial charge in [-0.25, -0.2) is 9.59 Å². The summed E-state index contributed by atoms with van der Waals surface area (Å²) in [5.41, 5.74) is 5.25. The quantitative estimate of drug-likeness (QED) is 0.577. The molecule has 0 saturated heterocycles. The Kier molecular flexibility index (Phi) is 5.39. The van der Waals surface area contributed by atoms with E-state index in [1.165, 1.54) is 19.1 Å². The Morgan fingerprint density at radius 3 is 1.96 bits per heavy atom. The Morgan fingerprint density at radius 2 is 1.54 bits per heavy atom. The topological polar surface area (TPSA) is 136 Å². The van der Waals surface area contributed by atoms with Crippen LogP contribution in [0.15, 0.2) is 24.3 Å². The first-order valence-electron chi connectivity index (χ1n) is 7.92. The van der Waals surface area contributed by atoms with Crippen molar-refractivity contribution in [3.63, 3.8) is 0 Å². The third-order valence-corrected chi connectivity index (χ3v) is 3.89. The largest absolute Gasteiger partial charge is 0.451 e. The van der Waals surface area contributed by atoms with Gasteiger partial charge in [0.1, 0.15) is 6.04 Å². The van der Waals surface area contributed by atoms with Gasteiger partial charge in [0.05, 0.1) is 11.1 Å². The molecule has 138 valence electrons. The molecular weight excluding hydrogens is 342 g/mol. The summed E-state index contributed by atoms with van der Waals surface area (Å²) in [6.07, 6.45) is -1.33. The van der Waals surface area contributed by atoms with Crippen LogP contribution in [0.4, 0.5) is 4.79 Å². The van der Waals surface area contributed by atoms with Crippen molar-refractivity contribution in [3.05, 3.63) is 35.4 Å². The Morgan fingerprint density at radius 1 is 1.04 bits per heavy atom. The van der Waals surface area contributed by atoms with Crippen LogP contribution < -0.4 is 11.1 Å². The molecule has 0 aromatic heterocycles. The van der Waals surface area contributed by atoms with Crippen molar-refractivity contribution >= 4 is 29.7 Å². The van der Waals surface area contributed by atoms with E-state index in [4.69, 9.17) is 10.5 Å². The summed E-state index contributed by atoms with van der Waals surface area (Å²) in [4.78, 5) is 60.9. The van der Waals surface area contributed by atoms with Crippen LogP contribution in [0.1, 0.15) is 41.5 Å². The van der Waals surface area contributed by atoms with Gasteiger partial charge in [0.15, 0.2) is 6.10 Å². The molecule has 1 aliphatic rings. The number of hydrogen-bond acceptors (Lipinski definition) is 6. The monoisotopic (exact) mass is 361 g/mol. The molecule has 0 spiro atoms. The number of urea groups is 1. The summed E-state index contributed by atoms with van der Waals surface area (Å²) in [6, 6.07) is 3.94. The Hall–Kier alpha value is -3.23. The number of benzene rings is 1. The molecule has 0 aliphatic carbocycles. The number of carbonyl (C=O) groups excluding carboxylic acids is 5. The third kappa shape index (κ3) is 3.56. The van der Waals surface area contributed by atoms with Crippen molar-refractivity contribution in [1.29, 1.82) is 0 Å². The standard InChI is InChI=1S/C17H19N3O6/c1-8(2)12(16(24)26-9(3)13(21)19-17(18)25)20-14(22)10-6-4-5-7-11(10)15(20)23/h4-9,12H,1-3H3,(H3,18,19,21,25)/t9-,12+/m1/s1. The van der Waals surface area contributed by atoms with Gasteiger partial charge in [0, 0.05) is 0 Å². The molecule has 1 aromatic rings. The summed E-state index contributed by atoms with van der Waals surface area (Å²) in [5.74, 6) is -3.50. The van der Waals surface area contributed by atoms with Gasteiger partial charge in [-0.3, -0.25) is 24.6 Å². The molecular formula is C17H19N3O6. The van der Waals surface area contributed by atoms with Gasteiger partial charge >= 0.3 is 12.0 Å². The van der Waals surface area contributed by atoms with E-state index in [-0.39, 0.29) is 11.1 Å². The molecule has 0 radical (unpaired) electrons. The number of amides is 5. The molecule has 0 unspecified atom stereocenters. The van der Waals surface area contributed by atoms with Crippen LogP contribution in [0.5, 0.6) is 0 Å². The Bertz CT molecular complexity index is 753. The lowest BCUT2D eigenvalue weighted by Gasteiger charge is -2.28. The molecule has 26 heavy (non-hydrogen) atoms. The van der Waals surface area contributed by atoms with Gasteiger partial charge in [-0.2, -0.15) is 0 Å². The molecule has 2 atom stereocenters. The van der Waals surface area contributed by atoms with E-state index in [0.29, 0.717) is 0 Å².